The first kappa shape index (κ1) is 28.6. The van der Waals surface area contributed by atoms with Crippen LogP contribution in [0, 0.1) is 17.2 Å². The molecule has 0 radical (unpaired) electrons. The summed E-state index contributed by atoms with van der Waals surface area (Å²) in [5.41, 5.74) is 1.57. The average molecular weight is 547 g/mol. The van der Waals surface area contributed by atoms with Crippen LogP contribution in [-0.4, -0.2) is 64.6 Å². The Labute approximate surface area is 225 Å². The first-order valence-corrected chi connectivity index (χ1v) is 13.2. The molecular formula is C27H33F3N6O3. The zero-order valence-corrected chi connectivity index (χ0v) is 21.6. The summed E-state index contributed by atoms with van der Waals surface area (Å²) in [4.78, 5) is 21.9. The molecule has 210 valence electrons. The maximum absolute atomic E-state index is 13.7. The Morgan fingerprint density at radius 2 is 1.82 bits per heavy atom. The van der Waals surface area contributed by atoms with Crippen molar-refractivity contribution in [3.05, 3.63) is 47.3 Å². The first-order valence-electron chi connectivity index (χ1n) is 13.2. The van der Waals surface area contributed by atoms with Crippen LogP contribution in [0.15, 0.2) is 30.3 Å². The van der Waals surface area contributed by atoms with E-state index in [2.05, 4.69) is 21.4 Å². The third-order valence-corrected chi connectivity index (χ3v) is 7.47. The number of alkyl halides is 3. The van der Waals surface area contributed by atoms with E-state index in [1.165, 1.54) is 0 Å². The summed E-state index contributed by atoms with van der Waals surface area (Å²) in [7, 11) is 0. The molecule has 0 spiro atoms. The number of anilines is 2. The van der Waals surface area contributed by atoms with Crippen molar-refractivity contribution in [1.29, 1.82) is 5.26 Å². The van der Waals surface area contributed by atoms with Crippen LogP contribution in [0.3, 0.4) is 0 Å². The van der Waals surface area contributed by atoms with Gasteiger partial charge >= 0.3 is 12.1 Å². The monoisotopic (exact) mass is 546 g/mol. The number of aliphatic hydroxyl groups excluding tert-OH is 1. The number of nitrogens with zero attached hydrogens (tertiary/aromatic N) is 5. The van der Waals surface area contributed by atoms with Crippen molar-refractivity contribution in [2.45, 2.75) is 63.4 Å². The number of halogens is 3. The number of hydrogen-bond donors (Lipinski definition) is 3. The molecule has 0 amide bonds. The minimum atomic E-state index is -4.71. The molecule has 39 heavy (non-hydrogen) atoms. The Hall–Kier alpha value is -3.43. The number of hydrogen-bond acceptors (Lipinski definition) is 8. The molecular weight excluding hydrogens is 513 g/mol. The fourth-order valence-corrected chi connectivity index (χ4v) is 5.12. The van der Waals surface area contributed by atoms with Crippen molar-refractivity contribution in [2.75, 3.05) is 36.0 Å². The summed E-state index contributed by atoms with van der Waals surface area (Å²) in [5.74, 6) is -1.33. The highest BCUT2D eigenvalue weighted by molar-refractivity contribution is 5.66. The summed E-state index contributed by atoms with van der Waals surface area (Å²) in [5, 5.41) is 31.5. The standard InChI is InChI=1S/C27H33F3N6O3/c28-27(29,30)26-33-22(35-13-9-18(10-14-35)2-1-3-24(37)38)16-23(34-26)36-15-11-21(36)25(39)32-12-8-19-4-6-20(17-31)7-5-19/h4-7,16,18,21,25,32,39H,1-3,8-15H2,(H,37,38)/t21-,25?/m0/s1. The van der Waals surface area contributed by atoms with E-state index in [4.69, 9.17) is 10.4 Å². The van der Waals surface area contributed by atoms with Crippen LogP contribution in [0.25, 0.3) is 0 Å². The van der Waals surface area contributed by atoms with Crippen LogP contribution in [0.2, 0.25) is 0 Å². The zero-order chi connectivity index (χ0) is 28.0. The molecule has 12 heteroatoms. The molecule has 2 aliphatic rings. The number of aliphatic carboxylic acids is 1. The molecule has 2 fully saturated rings. The van der Waals surface area contributed by atoms with Gasteiger partial charge in [0.25, 0.3) is 0 Å². The Morgan fingerprint density at radius 3 is 2.41 bits per heavy atom. The number of benzene rings is 1. The van der Waals surface area contributed by atoms with Crippen molar-refractivity contribution in [1.82, 2.24) is 15.3 Å². The average Bonchev–Trinajstić information content (AvgIpc) is 2.88. The van der Waals surface area contributed by atoms with E-state index in [9.17, 15) is 23.1 Å². The van der Waals surface area contributed by atoms with Gasteiger partial charge in [0, 0.05) is 38.7 Å². The molecule has 0 aliphatic carbocycles. The number of nitriles is 1. The van der Waals surface area contributed by atoms with Gasteiger partial charge < -0.3 is 20.0 Å². The maximum atomic E-state index is 13.7. The predicted octanol–water partition coefficient (Wildman–Crippen LogP) is 3.57. The molecule has 1 unspecified atom stereocenters. The van der Waals surface area contributed by atoms with E-state index in [0.717, 1.165) is 24.8 Å². The van der Waals surface area contributed by atoms with E-state index < -0.39 is 30.2 Å². The van der Waals surface area contributed by atoms with Gasteiger partial charge in [-0.05, 0) is 62.1 Å². The number of carbonyl (C=O) groups is 1. The van der Waals surface area contributed by atoms with Crippen molar-refractivity contribution in [3.63, 3.8) is 0 Å². The number of carboxylic acids is 1. The minimum Gasteiger partial charge on any atom is -0.481 e. The highest BCUT2D eigenvalue weighted by Crippen LogP contribution is 2.35. The molecule has 2 atom stereocenters. The normalized spacial score (nSPS) is 18.9. The van der Waals surface area contributed by atoms with E-state index in [1.807, 2.05) is 17.0 Å². The van der Waals surface area contributed by atoms with E-state index >= 15 is 0 Å². The number of piperidine rings is 1. The number of rotatable bonds is 11. The molecule has 2 saturated heterocycles. The molecule has 1 aromatic carbocycles. The SMILES string of the molecule is N#Cc1ccc(CCNC(O)[C@@H]2CCN2c2cc(N3CCC(CCCC(=O)O)CC3)nc(C(F)(F)F)n2)cc1. The Morgan fingerprint density at radius 1 is 1.13 bits per heavy atom. The van der Waals surface area contributed by atoms with Crippen molar-refractivity contribution >= 4 is 17.6 Å². The van der Waals surface area contributed by atoms with E-state index in [0.29, 0.717) is 56.9 Å². The highest BCUT2D eigenvalue weighted by Gasteiger charge is 2.40. The van der Waals surface area contributed by atoms with Gasteiger partial charge in [-0.2, -0.15) is 18.4 Å². The third kappa shape index (κ3) is 7.58. The lowest BCUT2D eigenvalue weighted by molar-refractivity contribution is -0.145. The Kier molecular flexibility index (Phi) is 9.24. The maximum Gasteiger partial charge on any atom is 0.451 e. The predicted molar refractivity (Wildman–Crippen MR) is 138 cm³/mol. The van der Waals surface area contributed by atoms with Crippen LogP contribution in [0.5, 0.6) is 0 Å². The van der Waals surface area contributed by atoms with Crippen molar-refractivity contribution in [2.24, 2.45) is 5.92 Å². The molecule has 9 nitrogen and oxygen atoms in total. The van der Waals surface area contributed by atoms with Crippen LogP contribution < -0.4 is 15.1 Å². The van der Waals surface area contributed by atoms with Crippen LogP contribution in [0.4, 0.5) is 24.8 Å². The van der Waals surface area contributed by atoms with Crippen LogP contribution in [0.1, 0.15) is 55.5 Å². The lowest BCUT2D eigenvalue weighted by atomic mass is 9.91. The topological polar surface area (TPSA) is 126 Å². The minimum absolute atomic E-state index is 0.123. The van der Waals surface area contributed by atoms with Crippen molar-refractivity contribution < 1.29 is 28.2 Å². The van der Waals surface area contributed by atoms with Gasteiger partial charge in [-0.1, -0.05) is 12.1 Å². The smallest absolute Gasteiger partial charge is 0.451 e. The van der Waals surface area contributed by atoms with Gasteiger partial charge in [-0.25, -0.2) is 9.97 Å². The summed E-state index contributed by atoms with van der Waals surface area (Å²) in [6, 6.07) is 10.4. The van der Waals surface area contributed by atoms with Gasteiger partial charge in [0.1, 0.15) is 17.9 Å². The van der Waals surface area contributed by atoms with Gasteiger partial charge in [-0.3, -0.25) is 10.1 Å². The fourth-order valence-electron chi connectivity index (χ4n) is 5.12. The molecule has 0 saturated carbocycles. The summed E-state index contributed by atoms with van der Waals surface area (Å²) >= 11 is 0. The van der Waals surface area contributed by atoms with Gasteiger partial charge in [-0.15, -0.1) is 0 Å². The van der Waals surface area contributed by atoms with Gasteiger partial charge in [0.05, 0.1) is 17.7 Å². The van der Waals surface area contributed by atoms with Gasteiger partial charge in [0.2, 0.25) is 5.82 Å². The zero-order valence-electron chi connectivity index (χ0n) is 21.6. The molecule has 2 aromatic rings. The second-order valence-electron chi connectivity index (χ2n) is 10.1. The second kappa shape index (κ2) is 12.6. The fraction of sp³-hybridized carbons (Fsp3) is 0.556. The molecule has 1 aromatic heterocycles. The quantitative estimate of drug-likeness (QED) is 0.363. The Balaban J connectivity index is 1.38. The number of aromatic nitrogens is 2. The van der Waals surface area contributed by atoms with Crippen LogP contribution >= 0.6 is 0 Å². The van der Waals surface area contributed by atoms with Gasteiger partial charge in [0.15, 0.2) is 0 Å². The molecule has 3 heterocycles. The number of carboxylic acid groups (broad SMARTS) is 1. The lowest BCUT2D eigenvalue weighted by Gasteiger charge is -2.45. The highest BCUT2D eigenvalue weighted by atomic mass is 19.4. The summed E-state index contributed by atoms with van der Waals surface area (Å²) < 4.78 is 41.1. The molecule has 0 bridgehead atoms. The third-order valence-electron chi connectivity index (χ3n) is 7.47. The van der Waals surface area contributed by atoms with Crippen molar-refractivity contribution in [3.8, 4) is 6.07 Å². The molecule has 2 aliphatic heterocycles. The largest absolute Gasteiger partial charge is 0.481 e. The molecule has 4 rings (SSSR count). The number of nitrogens with one attached hydrogen (secondary N) is 1. The summed E-state index contributed by atoms with van der Waals surface area (Å²) in [6.07, 6.45) is -1.42. The number of aliphatic hydroxyl groups is 1. The summed E-state index contributed by atoms with van der Waals surface area (Å²) in [6.45, 7) is 2.00. The first-order chi connectivity index (χ1) is 18.6. The van der Waals surface area contributed by atoms with E-state index in [1.54, 1.807) is 23.1 Å². The molecule has 3 N–H and O–H groups in total. The second-order valence-corrected chi connectivity index (χ2v) is 10.1. The van der Waals surface area contributed by atoms with E-state index in [-0.39, 0.29) is 18.1 Å². The lowest BCUT2D eigenvalue weighted by Crippen LogP contribution is -2.59. The Bertz CT molecular complexity index is 1160. The van der Waals surface area contributed by atoms with Crippen LogP contribution in [-0.2, 0) is 17.4 Å².